The van der Waals surface area contributed by atoms with Gasteiger partial charge in [0.05, 0.1) is 5.69 Å². The summed E-state index contributed by atoms with van der Waals surface area (Å²) in [6.45, 7) is 0. The number of nitrogens with one attached hydrogen (secondary N) is 3. The zero-order valence-electron chi connectivity index (χ0n) is 14.7. The van der Waals surface area contributed by atoms with Gasteiger partial charge >= 0.3 is 0 Å². The van der Waals surface area contributed by atoms with Crippen molar-refractivity contribution < 1.29 is 9.18 Å². The first kappa shape index (κ1) is 18.4. The highest BCUT2D eigenvalue weighted by Crippen LogP contribution is 2.20. The van der Waals surface area contributed by atoms with Crippen LogP contribution in [-0.4, -0.2) is 44.2 Å². The van der Waals surface area contributed by atoms with Gasteiger partial charge in [-0.05, 0) is 46.8 Å². The lowest BCUT2D eigenvalue weighted by Gasteiger charge is -2.32. The molecule has 0 radical (unpaired) electrons. The second kappa shape index (κ2) is 8.36. The zero-order valence-corrected chi connectivity index (χ0v) is 15.6. The Morgan fingerprint density at radius 2 is 1.96 bits per heavy atom. The molecular formula is C18H18FN7OS. The van der Waals surface area contributed by atoms with E-state index in [2.05, 4.69) is 31.5 Å². The molecule has 2 unspecified atom stereocenters. The zero-order chi connectivity index (χ0) is 19.3. The largest absolute Gasteiger partial charge is 0.353 e. The van der Waals surface area contributed by atoms with E-state index in [-0.39, 0.29) is 17.8 Å². The third-order valence-corrected chi connectivity index (χ3v) is 5.23. The Balaban J connectivity index is 1.38. The minimum atomic E-state index is -0.442. The maximum Gasteiger partial charge on any atom is 0.224 e. The number of carbonyl (C=O) groups is 1. The predicted molar refractivity (Wildman–Crippen MR) is 103 cm³/mol. The summed E-state index contributed by atoms with van der Waals surface area (Å²) >= 11 is 1.47. The van der Waals surface area contributed by atoms with Crippen molar-refractivity contribution >= 4 is 23.4 Å². The summed E-state index contributed by atoms with van der Waals surface area (Å²) in [6.07, 6.45) is -0.0935. The van der Waals surface area contributed by atoms with Crippen LogP contribution in [0.5, 0.6) is 0 Å². The van der Waals surface area contributed by atoms with Gasteiger partial charge in [-0.1, -0.05) is 30.0 Å². The highest BCUT2D eigenvalue weighted by molar-refractivity contribution is 7.99. The highest BCUT2D eigenvalue weighted by Gasteiger charge is 2.26. The number of hydrogen-bond acceptors (Lipinski definition) is 7. The number of para-hydroxylation sites is 1. The van der Waals surface area contributed by atoms with Gasteiger partial charge in [-0.15, -0.1) is 5.10 Å². The molecule has 1 saturated heterocycles. The van der Waals surface area contributed by atoms with Crippen molar-refractivity contribution in [2.45, 2.75) is 23.9 Å². The molecule has 2 atom stereocenters. The summed E-state index contributed by atoms with van der Waals surface area (Å²) in [5.41, 5.74) is 1.58. The lowest BCUT2D eigenvalue weighted by atomic mass is 10.2. The summed E-state index contributed by atoms with van der Waals surface area (Å²) in [7, 11) is 0. The molecule has 1 aliphatic heterocycles. The van der Waals surface area contributed by atoms with E-state index in [0.717, 1.165) is 5.69 Å². The van der Waals surface area contributed by atoms with Gasteiger partial charge in [0.2, 0.25) is 11.1 Å². The number of amides is 1. The molecule has 2 heterocycles. The maximum absolute atomic E-state index is 13.0. The molecule has 10 heteroatoms. The van der Waals surface area contributed by atoms with Crippen molar-refractivity contribution in [1.29, 1.82) is 0 Å². The van der Waals surface area contributed by atoms with Crippen LogP contribution in [0.15, 0.2) is 59.8 Å². The van der Waals surface area contributed by atoms with E-state index >= 15 is 0 Å². The van der Waals surface area contributed by atoms with Gasteiger partial charge in [0.25, 0.3) is 0 Å². The Morgan fingerprint density at radius 1 is 1.18 bits per heavy atom. The van der Waals surface area contributed by atoms with Gasteiger partial charge in [-0.25, -0.2) is 4.39 Å². The van der Waals surface area contributed by atoms with Crippen LogP contribution in [0.4, 0.5) is 10.1 Å². The van der Waals surface area contributed by atoms with Crippen LogP contribution >= 0.6 is 11.8 Å². The molecule has 0 aliphatic carbocycles. The average Bonchev–Trinajstić information content (AvgIpc) is 3.17. The van der Waals surface area contributed by atoms with Crippen molar-refractivity contribution in [1.82, 2.24) is 30.8 Å². The summed E-state index contributed by atoms with van der Waals surface area (Å²) in [6, 6.07) is 15.5. The van der Waals surface area contributed by atoms with E-state index in [1.165, 1.54) is 23.9 Å². The molecule has 0 bridgehead atoms. The molecule has 1 aliphatic rings. The second-order valence-corrected chi connectivity index (χ2v) is 7.23. The van der Waals surface area contributed by atoms with Crippen molar-refractivity contribution in [2.24, 2.45) is 0 Å². The van der Waals surface area contributed by atoms with Gasteiger partial charge in [0.1, 0.15) is 5.82 Å². The van der Waals surface area contributed by atoms with Crippen LogP contribution in [0, 0.1) is 5.82 Å². The molecular weight excluding hydrogens is 381 g/mol. The summed E-state index contributed by atoms with van der Waals surface area (Å²) in [4.78, 5) is 12.1. The van der Waals surface area contributed by atoms with Crippen molar-refractivity contribution in [2.75, 3.05) is 11.1 Å². The van der Waals surface area contributed by atoms with E-state index in [4.69, 9.17) is 0 Å². The molecule has 0 saturated carbocycles. The van der Waals surface area contributed by atoms with Gasteiger partial charge < -0.3 is 10.6 Å². The van der Waals surface area contributed by atoms with E-state index in [9.17, 15) is 9.18 Å². The highest BCUT2D eigenvalue weighted by atomic mass is 32.2. The minimum Gasteiger partial charge on any atom is -0.353 e. The third kappa shape index (κ3) is 4.46. The lowest BCUT2D eigenvalue weighted by Crippen LogP contribution is -2.60. The van der Waals surface area contributed by atoms with Gasteiger partial charge in [-0.2, -0.15) is 4.68 Å². The number of halogens is 1. The number of hydrogen-bond donors (Lipinski definition) is 3. The Labute approximate surface area is 164 Å². The molecule has 8 nitrogen and oxygen atoms in total. The lowest BCUT2D eigenvalue weighted by molar-refractivity contribution is -0.123. The second-order valence-electron chi connectivity index (χ2n) is 6.24. The first-order chi connectivity index (χ1) is 13.7. The Bertz CT molecular complexity index is 935. The fourth-order valence-corrected chi connectivity index (χ4v) is 3.78. The van der Waals surface area contributed by atoms with Crippen LogP contribution in [-0.2, 0) is 4.79 Å². The number of carbonyl (C=O) groups excluding carboxylic acids is 1. The molecule has 0 spiro atoms. The van der Waals surface area contributed by atoms with E-state index in [1.807, 2.05) is 30.3 Å². The van der Waals surface area contributed by atoms with E-state index in [0.29, 0.717) is 23.0 Å². The van der Waals surface area contributed by atoms with E-state index in [1.54, 1.807) is 16.8 Å². The van der Waals surface area contributed by atoms with Crippen LogP contribution in [0.2, 0.25) is 0 Å². The Hall–Kier alpha value is -2.98. The van der Waals surface area contributed by atoms with Gasteiger partial charge in [0, 0.05) is 23.9 Å². The van der Waals surface area contributed by atoms with Gasteiger partial charge in [-0.3, -0.25) is 10.1 Å². The smallest absolute Gasteiger partial charge is 0.224 e. The maximum atomic E-state index is 13.0. The predicted octanol–water partition coefficient (Wildman–Crippen LogP) is 1.77. The van der Waals surface area contributed by atoms with E-state index < -0.39 is 6.29 Å². The molecule has 1 fully saturated rings. The summed E-state index contributed by atoms with van der Waals surface area (Å²) < 4.78 is 14.7. The number of tetrazole rings is 1. The number of thioether (sulfide) groups is 1. The van der Waals surface area contributed by atoms with Crippen LogP contribution in [0.1, 0.15) is 6.42 Å². The summed E-state index contributed by atoms with van der Waals surface area (Å²) in [5, 5.41) is 21.8. The molecule has 144 valence electrons. The average molecular weight is 399 g/mol. The van der Waals surface area contributed by atoms with Crippen molar-refractivity contribution in [3.63, 3.8) is 0 Å². The molecule has 28 heavy (non-hydrogen) atoms. The van der Waals surface area contributed by atoms with Crippen molar-refractivity contribution in [3.8, 4) is 5.69 Å². The quantitative estimate of drug-likeness (QED) is 0.544. The number of anilines is 1. The third-order valence-electron chi connectivity index (χ3n) is 4.15. The molecule has 3 aromatic rings. The SMILES string of the molecule is O=C1CC(CSc2nnnn2-c2ccccc2)NC(Nc2ccc(F)cc2)N1. The number of benzene rings is 2. The molecule has 2 aromatic carbocycles. The number of nitrogens with zero attached hydrogens (tertiary/aromatic N) is 4. The number of rotatable bonds is 6. The monoisotopic (exact) mass is 399 g/mol. The molecule has 1 aromatic heterocycles. The minimum absolute atomic E-state index is 0.0633. The first-order valence-electron chi connectivity index (χ1n) is 8.71. The number of aromatic nitrogens is 4. The Morgan fingerprint density at radius 3 is 2.75 bits per heavy atom. The normalized spacial score (nSPS) is 19.2. The van der Waals surface area contributed by atoms with Gasteiger partial charge in [0.15, 0.2) is 6.29 Å². The fourth-order valence-electron chi connectivity index (χ4n) is 2.85. The standard InChI is InChI=1S/C18H18FN7OS/c19-12-6-8-13(9-7-12)20-17-21-14(10-16(27)22-17)11-28-18-23-24-25-26(18)15-4-2-1-3-5-15/h1-9,14,17,20-21H,10-11H2,(H,22,27). The summed E-state index contributed by atoms with van der Waals surface area (Å²) in [5.74, 6) is 0.241. The van der Waals surface area contributed by atoms with Crippen LogP contribution in [0.25, 0.3) is 5.69 Å². The molecule has 1 amide bonds. The van der Waals surface area contributed by atoms with Crippen molar-refractivity contribution in [3.05, 3.63) is 60.4 Å². The Kier molecular flexibility index (Phi) is 5.49. The topological polar surface area (TPSA) is 96.8 Å². The molecule has 4 rings (SSSR count). The molecule has 3 N–H and O–H groups in total. The van der Waals surface area contributed by atoms with Crippen LogP contribution in [0.3, 0.4) is 0 Å². The first-order valence-corrected chi connectivity index (χ1v) is 9.70. The van der Waals surface area contributed by atoms with Crippen LogP contribution < -0.4 is 16.0 Å². The fraction of sp³-hybridized carbons (Fsp3) is 0.222.